The third-order valence-corrected chi connectivity index (χ3v) is 8.58. The minimum Gasteiger partial charge on any atom is -0.489 e. The molecule has 0 bridgehead atoms. The maximum absolute atomic E-state index is 13.2. The zero-order chi connectivity index (χ0) is 30.0. The van der Waals surface area contributed by atoms with Crippen LogP contribution in [0.4, 0.5) is 13.2 Å². The molecular weight excluding hydrogens is 616 g/mol. The Morgan fingerprint density at radius 2 is 2.02 bits per heavy atom. The highest BCUT2D eigenvalue weighted by Gasteiger charge is 2.36. The van der Waals surface area contributed by atoms with Gasteiger partial charge in [0.15, 0.2) is 6.10 Å². The third-order valence-electron chi connectivity index (χ3n) is 7.04. The van der Waals surface area contributed by atoms with Crippen molar-refractivity contribution in [3.05, 3.63) is 90.7 Å². The summed E-state index contributed by atoms with van der Waals surface area (Å²) in [5.74, 6) is 0.246. The molecule has 4 heterocycles. The molecule has 1 aromatic carbocycles. The molecule has 0 N–H and O–H groups in total. The first kappa shape index (κ1) is 30.1. The number of pyridine rings is 1. The maximum atomic E-state index is 13.2. The Hall–Kier alpha value is -3.35. The van der Waals surface area contributed by atoms with Gasteiger partial charge in [0.25, 0.3) is 5.56 Å². The lowest BCUT2D eigenvalue weighted by Crippen LogP contribution is -2.41. The molecule has 1 saturated heterocycles. The van der Waals surface area contributed by atoms with E-state index in [1.54, 1.807) is 23.1 Å². The van der Waals surface area contributed by atoms with E-state index in [4.69, 9.17) is 37.8 Å². The van der Waals surface area contributed by atoms with Crippen molar-refractivity contribution in [2.45, 2.75) is 44.0 Å². The number of alkyl halides is 3. The smallest absolute Gasteiger partial charge is 0.421 e. The fraction of sp³-hybridized carbons (Fsp3) is 0.357. The Balaban J connectivity index is 1.19. The predicted octanol–water partition coefficient (Wildman–Crippen LogP) is 6.47. The van der Waals surface area contributed by atoms with Crippen molar-refractivity contribution >= 4 is 46.2 Å². The monoisotopic (exact) mass is 640 g/mol. The molecule has 1 atom stereocenters. The van der Waals surface area contributed by atoms with Crippen molar-refractivity contribution in [3.8, 4) is 5.75 Å². The summed E-state index contributed by atoms with van der Waals surface area (Å²) in [6, 6.07) is 5.95. The number of hydrogen-bond donors (Lipinski definition) is 0. The number of amides is 1. The van der Waals surface area contributed by atoms with Gasteiger partial charge in [-0.25, -0.2) is 4.98 Å². The van der Waals surface area contributed by atoms with E-state index in [-0.39, 0.29) is 10.9 Å². The number of ether oxygens (including phenoxy) is 1. The molecule has 1 amide bonds. The number of benzene rings is 1. The van der Waals surface area contributed by atoms with Crippen molar-refractivity contribution < 1.29 is 27.5 Å². The van der Waals surface area contributed by atoms with Gasteiger partial charge in [0, 0.05) is 37.0 Å². The van der Waals surface area contributed by atoms with Crippen LogP contribution in [0.2, 0.25) is 10.0 Å². The molecule has 2 aliphatic heterocycles. The molecule has 2 aromatic heterocycles. The quantitative estimate of drug-likeness (QED) is 0.264. The number of aromatic nitrogens is 2. The summed E-state index contributed by atoms with van der Waals surface area (Å²) in [4.78, 5) is 37.2. The molecule has 3 aromatic rings. The van der Waals surface area contributed by atoms with Gasteiger partial charge in [-0.3, -0.25) is 9.59 Å². The number of carbonyl (C=O) groups excluding carboxylic acids is 1. The Morgan fingerprint density at radius 3 is 2.74 bits per heavy atom. The third kappa shape index (κ3) is 6.50. The second kappa shape index (κ2) is 12.5. The highest BCUT2D eigenvalue weighted by atomic mass is 35.5. The first-order valence-corrected chi connectivity index (χ1v) is 14.6. The van der Waals surface area contributed by atoms with Crippen molar-refractivity contribution in [1.82, 2.24) is 14.5 Å². The maximum Gasteiger partial charge on any atom is 0.421 e. The van der Waals surface area contributed by atoms with E-state index in [0.29, 0.717) is 77.3 Å². The van der Waals surface area contributed by atoms with E-state index in [1.807, 2.05) is 11.4 Å². The summed E-state index contributed by atoms with van der Waals surface area (Å²) >= 11 is 13.7. The molecular formula is C28H25Cl2F3N4O4S. The Bertz CT molecular complexity index is 1580. The predicted molar refractivity (Wildman–Crippen MR) is 154 cm³/mol. The van der Waals surface area contributed by atoms with Gasteiger partial charge in [0.05, 0.1) is 26.3 Å². The van der Waals surface area contributed by atoms with Crippen LogP contribution in [0, 0.1) is 0 Å². The van der Waals surface area contributed by atoms with E-state index >= 15 is 0 Å². The number of hydrogen-bond acceptors (Lipinski definition) is 7. The van der Waals surface area contributed by atoms with Crippen LogP contribution in [0.1, 0.15) is 53.1 Å². The molecule has 0 spiro atoms. The Morgan fingerprint density at radius 1 is 1.26 bits per heavy atom. The van der Waals surface area contributed by atoms with E-state index in [1.165, 1.54) is 11.3 Å². The van der Waals surface area contributed by atoms with E-state index in [9.17, 15) is 22.8 Å². The first-order chi connectivity index (χ1) is 20.0. The summed E-state index contributed by atoms with van der Waals surface area (Å²) in [6.07, 6.45) is -0.908. The molecule has 1 unspecified atom stereocenters. The summed E-state index contributed by atoms with van der Waals surface area (Å²) in [5.41, 5.74) is -0.603. The molecule has 0 saturated carbocycles. The highest BCUT2D eigenvalue weighted by molar-refractivity contribution is 7.10. The van der Waals surface area contributed by atoms with Gasteiger partial charge in [-0.2, -0.15) is 13.2 Å². The van der Waals surface area contributed by atoms with Crippen LogP contribution in [0.5, 0.6) is 5.75 Å². The number of rotatable bonds is 8. The molecule has 0 radical (unpaired) electrons. The SMILES string of the molecule is C=CCOc1cccc(Cl)c1C1CC(c2csc(C3CCN(C(=O)Cn4cc(Cl)cc(C(F)(F)F)c4=O)CC3)n2)=NO1. The van der Waals surface area contributed by atoms with Crippen LogP contribution >= 0.6 is 34.5 Å². The number of thiazole rings is 1. The van der Waals surface area contributed by atoms with Crippen LogP contribution in [0.3, 0.4) is 0 Å². The molecule has 0 aliphatic carbocycles. The lowest BCUT2D eigenvalue weighted by molar-refractivity contribution is -0.139. The van der Waals surface area contributed by atoms with E-state index < -0.39 is 35.9 Å². The second-order valence-electron chi connectivity index (χ2n) is 9.82. The van der Waals surface area contributed by atoms with Gasteiger partial charge in [-0.1, -0.05) is 47.1 Å². The molecule has 2 aliphatic rings. The van der Waals surface area contributed by atoms with Gasteiger partial charge in [-0.15, -0.1) is 11.3 Å². The lowest BCUT2D eigenvalue weighted by atomic mass is 9.97. The van der Waals surface area contributed by atoms with Crippen molar-refractivity contribution in [1.29, 1.82) is 0 Å². The van der Waals surface area contributed by atoms with Crippen LogP contribution in [-0.4, -0.2) is 45.8 Å². The average Bonchev–Trinajstić information content (AvgIpc) is 3.63. The normalized spacial score (nSPS) is 17.6. The number of carbonyl (C=O) groups is 1. The number of piperidine rings is 1. The van der Waals surface area contributed by atoms with Gasteiger partial charge in [0.1, 0.15) is 30.2 Å². The Kier molecular flexibility index (Phi) is 8.95. The topological polar surface area (TPSA) is 86.0 Å². The van der Waals surface area contributed by atoms with Crippen LogP contribution in [0.15, 0.2) is 58.4 Å². The summed E-state index contributed by atoms with van der Waals surface area (Å²) in [6.45, 7) is 4.23. The number of nitrogens with zero attached hydrogens (tertiary/aromatic N) is 4. The zero-order valence-electron chi connectivity index (χ0n) is 22.1. The van der Waals surface area contributed by atoms with Crippen molar-refractivity contribution in [3.63, 3.8) is 0 Å². The molecule has 8 nitrogen and oxygen atoms in total. The molecule has 5 rings (SSSR count). The van der Waals surface area contributed by atoms with Crippen LogP contribution in [0.25, 0.3) is 0 Å². The van der Waals surface area contributed by atoms with Crippen LogP contribution in [-0.2, 0) is 22.4 Å². The summed E-state index contributed by atoms with van der Waals surface area (Å²) in [7, 11) is 0. The van der Waals surface area contributed by atoms with Gasteiger partial charge in [0.2, 0.25) is 5.91 Å². The minimum absolute atomic E-state index is 0.0970. The number of oxime groups is 1. The van der Waals surface area contributed by atoms with Crippen molar-refractivity contribution in [2.75, 3.05) is 19.7 Å². The van der Waals surface area contributed by atoms with E-state index in [2.05, 4.69) is 11.7 Å². The first-order valence-electron chi connectivity index (χ1n) is 13.0. The Labute approximate surface area is 253 Å². The fourth-order valence-corrected chi connectivity index (χ4v) is 6.45. The summed E-state index contributed by atoms with van der Waals surface area (Å²) < 4.78 is 46.0. The standard InChI is InChI=1S/C28H25Cl2F3N4O4S/c1-2-10-40-22-5-3-4-19(30)25(22)23-12-20(35-41-23)21-15-42-26(34-21)16-6-8-36(9-7-16)24(38)14-37-13-17(29)11-18(27(37)39)28(31,32)33/h2-5,11,13,15-16,23H,1,6-10,12,14H2. The summed E-state index contributed by atoms with van der Waals surface area (Å²) in [5, 5.41) is 7.32. The average molecular weight is 641 g/mol. The number of likely N-dealkylation sites (tertiary alicyclic amines) is 1. The second-order valence-corrected chi connectivity index (χ2v) is 11.5. The number of halogens is 5. The van der Waals surface area contributed by atoms with Gasteiger partial charge >= 0.3 is 6.18 Å². The molecule has 14 heteroatoms. The molecule has 222 valence electrons. The van der Waals surface area contributed by atoms with Crippen LogP contribution < -0.4 is 10.3 Å². The van der Waals surface area contributed by atoms with Crippen molar-refractivity contribution in [2.24, 2.45) is 5.16 Å². The molecule has 1 fully saturated rings. The largest absolute Gasteiger partial charge is 0.489 e. The fourth-order valence-electron chi connectivity index (χ4n) is 4.94. The highest BCUT2D eigenvalue weighted by Crippen LogP contribution is 2.40. The van der Waals surface area contributed by atoms with Gasteiger partial charge in [-0.05, 0) is 31.0 Å². The minimum atomic E-state index is -4.87. The lowest BCUT2D eigenvalue weighted by Gasteiger charge is -2.31. The van der Waals surface area contributed by atoms with E-state index in [0.717, 1.165) is 11.2 Å². The zero-order valence-corrected chi connectivity index (χ0v) is 24.4. The van der Waals surface area contributed by atoms with Gasteiger partial charge < -0.3 is 19.0 Å². The molecule has 42 heavy (non-hydrogen) atoms.